The van der Waals surface area contributed by atoms with E-state index in [0.717, 1.165) is 30.6 Å². The molecule has 0 aromatic heterocycles. The van der Waals surface area contributed by atoms with Crippen molar-refractivity contribution >= 4 is 23.8 Å². The van der Waals surface area contributed by atoms with Gasteiger partial charge >= 0.3 is 12.0 Å². The zero-order chi connectivity index (χ0) is 18.6. The SMILES string of the molecule is CCCNC(=O)[C@H](C)OC(=O)CN1C(=O)N[C@@]2(CCCC[C@@H]2C)C1=O. The van der Waals surface area contributed by atoms with Crippen molar-refractivity contribution in [3.05, 3.63) is 0 Å². The maximum absolute atomic E-state index is 12.8. The minimum absolute atomic E-state index is 0.0254. The van der Waals surface area contributed by atoms with Crippen LogP contribution in [0.3, 0.4) is 0 Å². The molecule has 3 atom stereocenters. The minimum atomic E-state index is -0.970. The van der Waals surface area contributed by atoms with Gasteiger partial charge in [-0.3, -0.25) is 19.3 Å². The molecule has 2 fully saturated rings. The normalized spacial score (nSPS) is 27.2. The lowest BCUT2D eigenvalue weighted by Gasteiger charge is -2.36. The Morgan fingerprint density at radius 2 is 2.12 bits per heavy atom. The number of imide groups is 1. The molecule has 1 heterocycles. The van der Waals surface area contributed by atoms with Crippen LogP contribution in [0.15, 0.2) is 0 Å². The average molecular weight is 353 g/mol. The fourth-order valence-electron chi connectivity index (χ4n) is 3.45. The van der Waals surface area contributed by atoms with Crippen LogP contribution in [0.1, 0.15) is 52.9 Å². The van der Waals surface area contributed by atoms with E-state index in [1.165, 1.54) is 6.92 Å². The Balaban J connectivity index is 1.95. The Bertz CT molecular complexity index is 564. The van der Waals surface area contributed by atoms with Crippen molar-refractivity contribution in [1.29, 1.82) is 0 Å². The minimum Gasteiger partial charge on any atom is -0.451 e. The smallest absolute Gasteiger partial charge is 0.327 e. The molecule has 0 aromatic rings. The van der Waals surface area contributed by atoms with Gasteiger partial charge in [-0.15, -0.1) is 0 Å². The molecular formula is C17H27N3O5. The molecule has 1 saturated heterocycles. The van der Waals surface area contributed by atoms with Crippen LogP contribution in [0.2, 0.25) is 0 Å². The van der Waals surface area contributed by atoms with Crippen molar-refractivity contribution in [2.75, 3.05) is 13.1 Å². The Labute approximate surface area is 147 Å². The van der Waals surface area contributed by atoms with Crippen molar-refractivity contribution in [3.63, 3.8) is 0 Å². The number of carbonyl (C=O) groups excluding carboxylic acids is 4. The Morgan fingerprint density at radius 1 is 1.40 bits per heavy atom. The zero-order valence-corrected chi connectivity index (χ0v) is 15.1. The highest BCUT2D eigenvalue weighted by atomic mass is 16.5. The van der Waals surface area contributed by atoms with Gasteiger partial charge < -0.3 is 15.4 Å². The second kappa shape index (κ2) is 7.84. The topological polar surface area (TPSA) is 105 Å². The number of esters is 1. The second-order valence-electron chi connectivity index (χ2n) is 6.86. The highest BCUT2D eigenvalue weighted by Gasteiger charge is 2.55. The molecular weight excluding hydrogens is 326 g/mol. The van der Waals surface area contributed by atoms with Crippen molar-refractivity contribution in [1.82, 2.24) is 15.5 Å². The Hall–Kier alpha value is -2.12. The summed E-state index contributed by atoms with van der Waals surface area (Å²) < 4.78 is 5.05. The van der Waals surface area contributed by atoms with Gasteiger partial charge in [0.15, 0.2) is 6.10 Å². The molecule has 0 bridgehead atoms. The summed E-state index contributed by atoms with van der Waals surface area (Å²) in [6.07, 6.45) is 3.14. The molecule has 0 unspecified atom stereocenters. The molecule has 140 valence electrons. The summed E-state index contributed by atoms with van der Waals surface area (Å²) in [5.74, 6) is -1.52. The van der Waals surface area contributed by atoms with Crippen LogP contribution in [0.4, 0.5) is 4.79 Å². The van der Waals surface area contributed by atoms with Gasteiger partial charge in [0.1, 0.15) is 12.1 Å². The van der Waals surface area contributed by atoms with Crippen molar-refractivity contribution < 1.29 is 23.9 Å². The highest BCUT2D eigenvalue weighted by Crippen LogP contribution is 2.38. The Kier molecular flexibility index (Phi) is 6.02. The van der Waals surface area contributed by atoms with Gasteiger partial charge in [0.25, 0.3) is 11.8 Å². The molecule has 4 amide bonds. The number of hydrogen-bond acceptors (Lipinski definition) is 5. The second-order valence-corrected chi connectivity index (χ2v) is 6.86. The summed E-state index contributed by atoms with van der Waals surface area (Å²) in [4.78, 5) is 49.7. The fourth-order valence-corrected chi connectivity index (χ4v) is 3.45. The van der Waals surface area contributed by atoms with Gasteiger partial charge in [0.05, 0.1) is 0 Å². The molecule has 1 aliphatic carbocycles. The summed E-state index contributed by atoms with van der Waals surface area (Å²) in [7, 11) is 0. The van der Waals surface area contributed by atoms with E-state index in [-0.39, 0.29) is 11.8 Å². The van der Waals surface area contributed by atoms with Crippen LogP contribution in [-0.4, -0.2) is 53.4 Å². The third kappa shape index (κ3) is 3.93. The molecule has 8 nitrogen and oxygen atoms in total. The van der Waals surface area contributed by atoms with E-state index in [4.69, 9.17) is 4.74 Å². The number of nitrogens with zero attached hydrogens (tertiary/aromatic N) is 1. The first kappa shape index (κ1) is 19.2. The fraction of sp³-hybridized carbons (Fsp3) is 0.765. The Morgan fingerprint density at radius 3 is 2.76 bits per heavy atom. The van der Waals surface area contributed by atoms with Crippen molar-refractivity contribution in [3.8, 4) is 0 Å². The van der Waals surface area contributed by atoms with Crippen LogP contribution in [0.25, 0.3) is 0 Å². The molecule has 2 aliphatic rings. The molecule has 2 rings (SSSR count). The molecule has 1 spiro atoms. The summed E-state index contributed by atoms with van der Waals surface area (Å²) in [5.41, 5.74) is -0.903. The standard InChI is InChI=1S/C17H27N3O5/c1-4-9-18-14(22)12(3)25-13(21)10-20-15(23)17(19-16(20)24)8-6-5-7-11(17)2/h11-12H,4-10H2,1-3H3,(H,18,22)(H,19,24)/t11-,12-,17+/m0/s1. The van der Waals surface area contributed by atoms with Gasteiger partial charge in [-0.2, -0.15) is 0 Å². The molecule has 2 N–H and O–H groups in total. The molecule has 1 aliphatic heterocycles. The molecule has 1 saturated carbocycles. The summed E-state index contributed by atoms with van der Waals surface area (Å²) in [5, 5.41) is 5.40. The van der Waals surface area contributed by atoms with Gasteiger partial charge in [-0.05, 0) is 32.1 Å². The van der Waals surface area contributed by atoms with E-state index in [2.05, 4.69) is 10.6 Å². The first-order valence-corrected chi connectivity index (χ1v) is 8.93. The number of rotatable bonds is 6. The predicted octanol–water partition coefficient (Wildman–Crippen LogP) is 0.945. The van der Waals surface area contributed by atoms with Crippen LogP contribution >= 0.6 is 0 Å². The van der Waals surface area contributed by atoms with Gasteiger partial charge in [0.2, 0.25) is 0 Å². The van der Waals surface area contributed by atoms with Crippen molar-refractivity contribution in [2.45, 2.75) is 64.5 Å². The lowest BCUT2D eigenvalue weighted by Crippen LogP contribution is -2.54. The molecule has 8 heteroatoms. The lowest BCUT2D eigenvalue weighted by molar-refractivity contribution is -0.157. The molecule has 0 radical (unpaired) electrons. The number of urea groups is 1. The quantitative estimate of drug-likeness (QED) is 0.546. The zero-order valence-electron chi connectivity index (χ0n) is 15.1. The number of carbonyl (C=O) groups is 4. The van der Waals surface area contributed by atoms with Gasteiger partial charge in [0, 0.05) is 6.54 Å². The number of hydrogen-bond donors (Lipinski definition) is 2. The third-order valence-corrected chi connectivity index (χ3v) is 5.02. The first-order chi connectivity index (χ1) is 11.8. The largest absolute Gasteiger partial charge is 0.451 e. The van der Waals surface area contributed by atoms with Crippen molar-refractivity contribution in [2.24, 2.45) is 5.92 Å². The predicted molar refractivity (Wildman–Crippen MR) is 89.5 cm³/mol. The van der Waals surface area contributed by atoms with Crippen LogP contribution in [0, 0.1) is 5.92 Å². The van der Waals surface area contributed by atoms with E-state index in [0.29, 0.717) is 13.0 Å². The highest BCUT2D eigenvalue weighted by molar-refractivity contribution is 6.09. The lowest BCUT2D eigenvalue weighted by atomic mass is 9.73. The molecule has 0 aromatic carbocycles. The van der Waals surface area contributed by atoms with Crippen LogP contribution in [-0.2, 0) is 19.1 Å². The van der Waals surface area contributed by atoms with E-state index < -0.39 is 36.1 Å². The number of nitrogens with one attached hydrogen (secondary N) is 2. The van der Waals surface area contributed by atoms with Crippen LogP contribution < -0.4 is 10.6 Å². The van der Waals surface area contributed by atoms with E-state index in [9.17, 15) is 19.2 Å². The number of amides is 4. The third-order valence-electron chi connectivity index (χ3n) is 5.02. The monoisotopic (exact) mass is 353 g/mol. The summed E-state index contributed by atoms with van der Waals surface area (Å²) >= 11 is 0. The molecule has 25 heavy (non-hydrogen) atoms. The van der Waals surface area contributed by atoms with Crippen LogP contribution in [0.5, 0.6) is 0 Å². The summed E-state index contributed by atoms with van der Waals surface area (Å²) in [6, 6.07) is -0.571. The van der Waals surface area contributed by atoms with E-state index in [1.807, 2.05) is 13.8 Å². The first-order valence-electron chi connectivity index (χ1n) is 8.93. The summed E-state index contributed by atoms with van der Waals surface area (Å²) in [6.45, 7) is 5.33. The maximum atomic E-state index is 12.8. The average Bonchev–Trinajstić information content (AvgIpc) is 2.80. The van der Waals surface area contributed by atoms with E-state index in [1.54, 1.807) is 0 Å². The van der Waals surface area contributed by atoms with E-state index >= 15 is 0 Å². The maximum Gasteiger partial charge on any atom is 0.327 e. The van der Waals surface area contributed by atoms with Gasteiger partial charge in [-0.25, -0.2) is 4.79 Å². The van der Waals surface area contributed by atoms with Gasteiger partial charge in [-0.1, -0.05) is 26.7 Å². The number of ether oxygens (including phenoxy) is 1.